The first kappa shape index (κ1) is 14.3. The number of nitrogens with two attached hydrogens (primary N) is 2. The van der Waals surface area contributed by atoms with Crippen LogP contribution in [0.1, 0.15) is 10.5 Å². The molecule has 0 aliphatic carbocycles. The number of aromatic nitrogens is 1. The molecule has 1 heterocycles. The molecular weight excluding hydrogens is 214 g/mol. The van der Waals surface area contributed by atoms with Crippen molar-refractivity contribution in [1.82, 2.24) is 4.98 Å². The molecule has 5 N–H and O–H groups in total. The molecule has 90 valence electrons. The summed E-state index contributed by atoms with van der Waals surface area (Å²) in [6.07, 6.45) is 1.41. The fraction of sp³-hybridized carbons (Fsp3) is 0.333. The Morgan fingerprint density at radius 2 is 2.19 bits per heavy atom. The lowest BCUT2D eigenvalue weighted by molar-refractivity contribution is 0.0682. The van der Waals surface area contributed by atoms with E-state index in [-0.39, 0.29) is 11.4 Å². The van der Waals surface area contributed by atoms with Crippen LogP contribution in [0.3, 0.4) is 0 Å². The minimum absolute atomic E-state index is 0.0800. The largest absolute Gasteiger partial charge is 0.489 e. The number of carboxylic acid groups (broad SMARTS) is 1. The summed E-state index contributed by atoms with van der Waals surface area (Å²) in [4.78, 5) is 14.4. The van der Waals surface area contributed by atoms with Crippen LogP contribution in [0.5, 0.6) is 5.75 Å². The molecule has 1 rings (SSSR count). The van der Waals surface area contributed by atoms with Gasteiger partial charge < -0.3 is 14.6 Å². The Kier molecular flexibility index (Phi) is 7.68. The number of hydrazine groups is 1. The molecule has 0 fully saturated rings. The first-order valence-corrected chi connectivity index (χ1v) is 4.39. The number of rotatable bonds is 5. The maximum absolute atomic E-state index is 10.7. The first-order chi connectivity index (χ1) is 7.75. The molecule has 1 aromatic rings. The van der Waals surface area contributed by atoms with Gasteiger partial charge in [0.2, 0.25) is 0 Å². The van der Waals surface area contributed by atoms with Gasteiger partial charge in [0, 0.05) is 13.3 Å². The molecule has 16 heavy (non-hydrogen) atoms. The lowest BCUT2D eigenvalue weighted by Gasteiger charge is -2.06. The van der Waals surface area contributed by atoms with Gasteiger partial charge in [-0.3, -0.25) is 11.7 Å². The molecule has 0 saturated heterocycles. The second kappa shape index (κ2) is 8.60. The summed E-state index contributed by atoms with van der Waals surface area (Å²) in [5.41, 5.74) is -0.0800. The highest BCUT2D eigenvalue weighted by molar-refractivity contribution is 5.88. The number of carbonyl (C=O) groups is 1. The third-order valence-electron chi connectivity index (χ3n) is 1.52. The van der Waals surface area contributed by atoms with Crippen molar-refractivity contribution in [2.75, 3.05) is 20.3 Å². The van der Waals surface area contributed by atoms with Crippen LogP contribution in [0.25, 0.3) is 0 Å². The standard InChI is InChI=1S/C9H11NO4.H4N2/c1-13-5-6-14-7-3-2-4-10-8(7)9(11)12;1-2/h2-4H,5-6H2,1H3,(H,11,12);1-2H2. The quantitative estimate of drug-likeness (QED) is 0.357. The summed E-state index contributed by atoms with van der Waals surface area (Å²) < 4.78 is 9.94. The zero-order valence-corrected chi connectivity index (χ0v) is 8.92. The van der Waals surface area contributed by atoms with Crippen molar-refractivity contribution in [2.24, 2.45) is 11.7 Å². The second-order valence-electron chi connectivity index (χ2n) is 2.50. The van der Waals surface area contributed by atoms with Crippen molar-refractivity contribution in [2.45, 2.75) is 0 Å². The molecule has 0 spiro atoms. The number of hydrogen-bond acceptors (Lipinski definition) is 6. The number of methoxy groups -OCH3 is 1. The SMILES string of the molecule is COCCOc1cccnc1C(=O)O.NN. The highest BCUT2D eigenvalue weighted by Crippen LogP contribution is 2.14. The maximum atomic E-state index is 10.7. The van der Waals surface area contributed by atoms with E-state index in [2.05, 4.69) is 16.7 Å². The molecule has 0 atom stereocenters. The number of pyridine rings is 1. The summed E-state index contributed by atoms with van der Waals surface area (Å²) in [5.74, 6) is 7.16. The van der Waals surface area contributed by atoms with Crippen molar-refractivity contribution in [3.05, 3.63) is 24.0 Å². The molecule has 0 aliphatic heterocycles. The van der Waals surface area contributed by atoms with Gasteiger partial charge in [-0.2, -0.15) is 0 Å². The Hall–Kier alpha value is -1.70. The average Bonchev–Trinajstić information content (AvgIpc) is 2.32. The molecule has 1 aromatic heterocycles. The predicted octanol–water partition coefficient (Wildman–Crippen LogP) is -0.376. The number of hydrogen-bond donors (Lipinski definition) is 3. The van der Waals surface area contributed by atoms with Gasteiger partial charge in [0.25, 0.3) is 0 Å². The van der Waals surface area contributed by atoms with Gasteiger partial charge in [0.15, 0.2) is 11.4 Å². The Morgan fingerprint density at radius 3 is 2.75 bits per heavy atom. The smallest absolute Gasteiger partial charge is 0.358 e. The molecule has 0 amide bonds. The minimum atomic E-state index is -1.10. The molecule has 0 aliphatic rings. The van der Waals surface area contributed by atoms with Crippen LogP contribution in [0.15, 0.2) is 18.3 Å². The number of ether oxygens (including phenoxy) is 2. The maximum Gasteiger partial charge on any atom is 0.358 e. The Labute approximate surface area is 92.9 Å². The van der Waals surface area contributed by atoms with Crippen molar-refractivity contribution in [3.63, 3.8) is 0 Å². The van der Waals surface area contributed by atoms with Crippen molar-refractivity contribution >= 4 is 5.97 Å². The molecule has 0 radical (unpaired) electrons. The highest BCUT2D eigenvalue weighted by Gasteiger charge is 2.11. The van der Waals surface area contributed by atoms with Crippen LogP contribution in [0.2, 0.25) is 0 Å². The third-order valence-corrected chi connectivity index (χ3v) is 1.52. The van der Waals surface area contributed by atoms with Gasteiger partial charge in [-0.25, -0.2) is 9.78 Å². The average molecular weight is 229 g/mol. The Morgan fingerprint density at radius 1 is 1.50 bits per heavy atom. The summed E-state index contributed by atoms with van der Waals surface area (Å²) in [6.45, 7) is 0.719. The van der Waals surface area contributed by atoms with E-state index in [1.54, 1.807) is 19.2 Å². The Bertz CT molecular complexity index is 319. The molecule has 7 nitrogen and oxygen atoms in total. The van der Waals surface area contributed by atoms with Gasteiger partial charge in [-0.1, -0.05) is 0 Å². The van der Waals surface area contributed by atoms with E-state index in [1.807, 2.05) is 0 Å². The van der Waals surface area contributed by atoms with E-state index < -0.39 is 5.97 Å². The summed E-state index contributed by atoms with van der Waals surface area (Å²) in [6, 6.07) is 3.18. The molecular formula is C9H15N3O4. The summed E-state index contributed by atoms with van der Waals surface area (Å²) in [5, 5.41) is 8.75. The van der Waals surface area contributed by atoms with E-state index in [4.69, 9.17) is 14.6 Å². The molecule has 0 unspecified atom stereocenters. The number of aromatic carboxylic acids is 1. The van der Waals surface area contributed by atoms with E-state index in [1.165, 1.54) is 6.20 Å². The van der Waals surface area contributed by atoms with Gasteiger partial charge in [0.05, 0.1) is 6.61 Å². The Balaban J connectivity index is 0.00000106. The number of carboxylic acids is 1. The van der Waals surface area contributed by atoms with Crippen LogP contribution in [0.4, 0.5) is 0 Å². The van der Waals surface area contributed by atoms with Gasteiger partial charge in [-0.05, 0) is 12.1 Å². The minimum Gasteiger partial charge on any atom is -0.489 e. The molecule has 0 aromatic carbocycles. The van der Waals surface area contributed by atoms with E-state index >= 15 is 0 Å². The van der Waals surface area contributed by atoms with E-state index in [0.717, 1.165) is 0 Å². The predicted molar refractivity (Wildman–Crippen MR) is 56.9 cm³/mol. The van der Waals surface area contributed by atoms with Crippen LogP contribution < -0.4 is 16.4 Å². The van der Waals surface area contributed by atoms with Crippen molar-refractivity contribution in [3.8, 4) is 5.75 Å². The van der Waals surface area contributed by atoms with Crippen molar-refractivity contribution < 1.29 is 19.4 Å². The van der Waals surface area contributed by atoms with Crippen LogP contribution in [0, 0.1) is 0 Å². The monoisotopic (exact) mass is 229 g/mol. The van der Waals surface area contributed by atoms with E-state index in [0.29, 0.717) is 13.2 Å². The summed E-state index contributed by atoms with van der Waals surface area (Å²) >= 11 is 0. The zero-order chi connectivity index (χ0) is 12.4. The van der Waals surface area contributed by atoms with Gasteiger partial charge in [-0.15, -0.1) is 0 Å². The van der Waals surface area contributed by atoms with Crippen molar-refractivity contribution in [1.29, 1.82) is 0 Å². The normalized spacial score (nSPS) is 8.94. The van der Waals surface area contributed by atoms with E-state index in [9.17, 15) is 4.79 Å². The first-order valence-electron chi connectivity index (χ1n) is 4.39. The highest BCUT2D eigenvalue weighted by atomic mass is 16.5. The second-order valence-corrected chi connectivity index (χ2v) is 2.50. The number of nitrogens with zero attached hydrogens (tertiary/aromatic N) is 1. The summed E-state index contributed by atoms with van der Waals surface area (Å²) in [7, 11) is 1.55. The van der Waals surface area contributed by atoms with Gasteiger partial charge >= 0.3 is 5.97 Å². The lowest BCUT2D eigenvalue weighted by Crippen LogP contribution is -2.09. The van der Waals surface area contributed by atoms with Crippen LogP contribution in [-0.4, -0.2) is 36.4 Å². The third kappa shape index (κ3) is 4.69. The lowest BCUT2D eigenvalue weighted by atomic mass is 10.3. The fourth-order valence-electron chi connectivity index (χ4n) is 0.903. The zero-order valence-electron chi connectivity index (χ0n) is 8.92. The molecule has 0 saturated carbocycles. The topological polar surface area (TPSA) is 121 Å². The molecule has 7 heteroatoms. The van der Waals surface area contributed by atoms with Gasteiger partial charge in [0.1, 0.15) is 6.61 Å². The van der Waals surface area contributed by atoms with Crippen LogP contribution >= 0.6 is 0 Å². The van der Waals surface area contributed by atoms with Crippen LogP contribution in [-0.2, 0) is 4.74 Å². The fourth-order valence-corrected chi connectivity index (χ4v) is 0.903. The molecule has 0 bridgehead atoms.